The van der Waals surface area contributed by atoms with Gasteiger partial charge in [0.25, 0.3) is 5.69 Å². The molecule has 182 valence electrons. The van der Waals surface area contributed by atoms with Crippen LogP contribution in [0.3, 0.4) is 0 Å². The highest BCUT2D eigenvalue weighted by Crippen LogP contribution is 2.25. The van der Waals surface area contributed by atoms with Crippen LogP contribution in [0.1, 0.15) is 38.1 Å². The van der Waals surface area contributed by atoms with E-state index in [9.17, 15) is 24.5 Å². The van der Waals surface area contributed by atoms with E-state index in [0.717, 1.165) is 6.08 Å². The topological polar surface area (TPSA) is 165 Å². The number of nitro groups is 1. The van der Waals surface area contributed by atoms with Gasteiger partial charge in [-0.1, -0.05) is 0 Å². The van der Waals surface area contributed by atoms with Crippen LogP contribution in [0.25, 0.3) is 0 Å². The number of benzene rings is 2. The number of amides is 1. The third-order valence-corrected chi connectivity index (χ3v) is 3.59. The number of anilines is 1. The van der Waals surface area contributed by atoms with Crippen molar-refractivity contribution < 1.29 is 39.0 Å². The molecule has 2 aromatic carbocycles. The van der Waals surface area contributed by atoms with Crippen molar-refractivity contribution >= 4 is 29.2 Å². The maximum atomic E-state index is 11.1. The first-order valence-corrected chi connectivity index (χ1v) is 10.1. The van der Waals surface area contributed by atoms with Gasteiger partial charge in [0.05, 0.1) is 22.7 Å². The Morgan fingerprint density at radius 1 is 0.912 bits per heavy atom. The van der Waals surface area contributed by atoms with E-state index in [1.165, 1.54) is 36.4 Å². The number of hydrogen-bond donors (Lipinski definition) is 3. The SMILES string of the molecule is CC(C)Oc1cc(OC(C)C)cc(C(=O)O)c1.O=C(O)/C=C\C(=O)Nc1ccc([N+](=O)[O-])cc1. The zero-order chi connectivity index (χ0) is 25.8. The number of non-ortho nitro benzene ring substituents is 1. The molecule has 3 N–H and O–H groups in total. The van der Waals surface area contributed by atoms with Crippen molar-refractivity contribution in [3.05, 3.63) is 70.3 Å². The molecule has 34 heavy (non-hydrogen) atoms. The molecule has 11 heteroatoms. The number of nitro benzene ring substituents is 1. The Labute approximate surface area is 195 Å². The van der Waals surface area contributed by atoms with E-state index in [4.69, 9.17) is 19.7 Å². The summed E-state index contributed by atoms with van der Waals surface area (Å²) in [7, 11) is 0. The number of aromatic carboxylic acids is 1. The number of ether oxygens (including phenoxy) is 2. The molecule has 0 aliphatic carbocycles. The first-order chi connectivity index (χ1) is 15.9. The van der Waals surface area contributed by atoms with Gasteiger partial charge < -0.3 is 25.0 Å². The summed E-state index contributed by atoms with van der Waals surface area (Å²) in [5.74, 6) is -1.83. The van der Waals surface area contributed by atoms with Gasteiger partial charge in [-0.3, -0.25) is 14.9 Å². The van der Waals surface area contributed by atoms with Crippen LogP contribution in [0.4, 0.5) is 11.4 Å². The number of hydrogen-bond acceptors (Lipinski definition) is 7. The Balaban J connectivity index is 0.000000340. The van der Waals surface area contributed by atoms with Crippen molar-refractivity contribution in [2.24, 2.45) is 0 Å². The van der Waals surface area contributed by atoms with Crippen molar-refractivity contribution in [1.82, 2.24) is 0 Å². The highest BCUT2D eigenvalue weighted by Gasteiger charge is 2.10. The highest BCUT2D eigenvalue weighted by molar-refractivity contribution is 6.02. The van der Waals surface area contributed by atoms with E-state index in [1.54, 1.807) is 6.07 Å². The van der Waals surface area contributed by atoms with Crippen LogP contribution >= 0.6 is 0 Å². The summed E-state index contributed by atoms with van der Waals surface area (Å²) in [6.07, 6.45) is 1.53. The number of aliphatic carboxylic acids is 1. The predicted octanol–water partition coefficient (Wildman–Crippen LogP) is 4.13. The van der Waals surface area contributed by atoms with Crippen LogP contribution in [-0.4, -0.2) is 45.2 Å². The van der Waals surface area contributed by atoms with E-state index in [1.807, 2.05) is 27.7 Å². The van der Waals surface area contributed by atoms with Gasteiger partial charge >= 0.3 is 11.9 Å². The van der Waals surface area contributed by atoms with Crippen LogP contribution in [0.5, 0.6) is 11.5 Å². The summed E-state index contributed by atoms with van der Waals surface area (Å²) in [4.78, 5) is 42.0. The molecule has 1 amide bonds. The van der Waals surface area contributed by atoms with Gasteiger partial charge in [0.1, 0.15) is 11.5 Å². The number of nitrogens with zero attached hydrogens (tertiary/aromatic N) is 1. The van der Waals surface area contributed by atoms with E-state index >= 15 is 0 Å². The molecule has 0 saturated carbocycles. The molecule has 2 aromatic rings. The number of nitrogens with one attached hydrogen (secondary N) is 1. The van der Waals surface area contributed by atoms with E-state index in [0.29, 0.717) is 23.3 Å². The predicted molar refractivity (Wildman–Crippen MR) is 123 cm³/mol. The van der Waals surface area contributed by atoms with Gasteiger partial charge in [-0.15, -0.1) is 0 Å². The van der Waals surface area contributed by atoms with Crippen LogP contribution < -0.4 is 14.8 Å². The van der Waals surface area contributed by atoms with Crippen LogP contribution in [0.15, 0.2) is 54.6 Å². The Hall–Kier alpha value is -4.41. The van der Waals surface area contributed by atoms with Crippen molar-refractivity contribution in [3.63, 3.8) is 0 Å². The third kappa shape index (κ3) is 10.8. The maximum Gasteiger partial charge on any atom is 0.335 e. The summed E-state index contributed by atoms with van der Waals surface area (Å²) in [6.45, 7) is 7.54. The molecule has 0 spiro atoms. The Morgan fingerprint density at radius 2 is 1.41 bits per heavy atom. The average molecular weight is 474 g/mol. The van der Waals surface area contributed by atoms with Gasteiger partial charge in [-0.25, -0.2) is 9.59 Å². The lowest BCUT2D eigenvalue weighted by molar-refractivity contribution is -0.384. The number of rotatable bonds is 9. The Bertz CT molecular complexity index is 1020. The number of carboxylic acid groups (broad SMARTS) is 2. The van der Waals surface area contributed by atoms with Crippen LogP contribution in [0.2, 0.25) is 0 Å². The molecular weight excluding hydrogens is 448 g/mol. The lowest BCUT2D eigenvalue weighted by Gasteiger charge is -2.14. The molecule has 11 nitrogen and oxygen atoms in total. The van der Waals surface area contributed by atoms with Gasteiger partial charge in [-0.2, -0.15) is 0 Å². The molecule has 0 aliphatic rings. The van der Waals surface area contributed by atoms with Crippen molar-refractivity contribution in [1.29, 1.82) is 0 Å². The molecule has 0 atom stereocenters. The summed E-state index contributed by atoms with van der Waals surface area (Å²) >= 11 is 0. The molecule has 0 saturated heterocycles. The van der Waals surface area contributed by atoms with E-state index in [-0.39, 0.29) is 23.5 Å². The lowest BCUT2D eigenvalue weighted by atomic mass is 10.2. The molecule has 0 bridgehead atoms. The Morgan fingerprint density at radius 3 is 1.79 bits per heavy atom. The van der Waals surface area contributed by atoms with Gasteiger partial charge in [0.2, 0.25) is 5.91 Å². The van der Waals surface area contributed by atoms with Crippen molar-refractivity contribution in [2.45, 2.75) is 39.9 Å². The summed E-state index contributed by atoms with van der Waals surface area (Å²) in [6, 6.07) is 9.86. The van der Waals surface area contributed by atoms with Crippen LogP contribution in [-0.2, 0) is 9.59 Å². The van der Waals surface area contributed by atoms with E-state index in [2.05, 4.69) is 5.32 Å². The molecule has 2 rings (SSSR count). The fourth-order valence-corrected chi connectivity index (χ4v) is 2.37. The molecule has 0 aromatic heterocycles. The largest absolute Gasteiger partial charge is 0.491 e. The molecule has 0 unspecified atom stereocenters. The van der Waals surface area contributed by atoms with Crippen molar-refractivity contribution in [2.75, 3.05) is 5.32 Å². The standard InChI is InChI=1S/C13H18O4.C10H8N2O5/c1-8(2)16-11-5-10(13(14)15)6-12(7-11)17-9(3)4;13-9(5-6-10(14)15)11-7-1-3-8(4-2-7)12(16)17/h5-9H,1-4H3,(H,14,15);1-6H,(H,11,13)(H,14,15)/b;6-5-. The third-order valence-electron chi connectivity index (χ3n) is 3.59. The first kappa shape index (κ1) is 27.6. The van der Waals surface area contributed by atoms with Gasteiger partial charge in [-0.05, 0) is 52.0 Å². The maximum absolute atomic E-state index is 11.1. The summed E-state index contributed by atoms with van der Waals surface area (Å²) in [5.41, 5.74) is 0.415. The second-order valence-corrected chi connectivity index (χ2v) is 7.30. The minimum Gasteiger partial charge on any atom is -0.491 e. The zero-order valence-electron chi connectivity index (χ0n) is 19.1. The fraction of sp³-hybridized carbons (Fsp3) is 0.261. The van der Waals surface area contributed by atoms with E-state index < -0.39 is 22.8 Å². The smallest absolute Gasteiger partial charge is 0.335 e. The molecule has 0 heterocycles. The lowest BCUT2D eigenvalue weighted by Crippen LogP contribution is -2.09. The highest BCUT2D eigenvalue weighted by atomic mass is 16.6. The fourth-order valence-electron chi connectivity index (χ4n) is 2.37. The number of carbonyl (C=O) groups is 3. The molecule has 0 fully saturated rings. The monoisotopic (exact) mass is 474 g/mol. The Kier molecular flexibility index (Phi) is 10.7. The molecule has 0 aliphatic heterocycles. The molecule has 0 radical (unpaired) electrons. The first-order valence-electron chi connectivity index (χ1n) is 10.1. The minimum absolute atomic E-state index is 0.00838. The average Bonchev–Trinajstić information content (AvgIpc) is 2.72. The number of carbonyl (C=O) groups excluding carboxylic acids is 1. The van der Waals surface area contributed by atoms with Gasteiger partial charge in [0.15, 0.2) is 0 Å². The second kappa shape index (κ2) is 13.2. The summed E-state index contributed by atoms with van der Waals surface area (Å²) in [5, 5.41) is 30.0. The van der Waals surface area contributed by atoms with Gasteiger partial charge in [0, 0.05) is 36.0 Å². The quantitative estimate of drug-likeness (QED) is 0.275. The summed E-state index contributed by atoms with van der Waals surface area (Å²) < 4.78 is 11.0. The zero-order valence-corrected chi connectivity index (χ0v) is 19.1. The van der Waals surface area contributed by atoms with Crippen LogP contribution in [0, 0.1) is 10.1 Å². The normalized spacial score (nSPS) is 10.4. The second-order valence-electron chi connectivity index (χ2n) is 7.30. The number of carboxylic acids is 2. The molecular formula is C23H26N2O9. The minimum atomic E-state index is -1.23. The van der Waals surface area contributed by atoms with Crippen molar-refractivity contribution in [3.8, 4) is 11.5 Å².